The second-order valence-electron chi connectivity index (χ2n) is 14.7. The molecule has 2 N–H and O–H groups in total. The van der Waals surface area contributed by atoms with Crippen LogP contribution in [0, 0.1) is 5.92 Å². The lowest BCUT2D eigenvalue weighted by Gasteiger charge is -2.16. The number of benzene rings is 1. The van der Waals surface area contributed by atoms with Crippen molar-refractivity contribution in [2.75, 3.05) is 0 Å². The zero-order chi connectivity index (χ0) is 36.0. The van der Waals surface area contributed by atoms with Crippen LogP contribution in [0.3, 0.4) is 0 Å². The Hall–Kier alpha value is -2.21. The summed E-state index contributed by atoms with van der Waals surface area (Å²) in [5.41, 5.74) is 6.47. The number of carbonyl (C=O) groups excluding carboxylic acids is 3. The minimum absolute atomic E-state index is 0.0353. The monoisotopic (exact) mass is 686 g/mol. The fourth-order valence-corrected chi connectivity index (χ4v) is 6.24. The van der Waals surface area contributed by atoms with Gasteiger partial charge >= 0.3 is 11.9 Å². The second kappa shape index (κ2) is 30.6. The van der Waals surface area contributed by atoms with Gasteiger partial charge in [0.05, 0.1) is 6.04 Å². The number of rotatable bonds is 33. The van der Waals surface area contributed by atoms with E-state index in [0.29, 0.717) is 12.0 Å². The van der Waals surface area contributed by atoms with Crippen molar-refractivity contribution in [2.24, 2.45) is 11.7 Å². The Morgan fingerprint density at radius 3 is 1.18 bits per heavy atom. The summed E-state index contributed by atoms with van der Waals surface area (Å²) >= 11 is 0. The van der Waals surface area contributed by atoms with Crippen LogP contribution < -0.4 is 15.2 Å². The van der Waals surface area contributed by atoms with Gasteiger partial charge in [0.15, 0.2) is 17.3 Å². The standard InChI is InChI=1S/C43H75NO5/c1-5-7-9-11-13-15-17-19-21-23-25-27-29-31-40(45)48-38-34-33-37(43(47)42(44)36(3)4)35-39(38)49-41(46)32-30-28-26-24-22-20-18-16-14-12-10-8-6-2/h33-36,42H,5-32,44H2,1-4H3. The molecule has 49 heavy (non-hydrogen) atoms. The summed E-state index contributed by atoms with van der Waals surface area (Å²) in [4.78, 5) is 38.5. The van der Waals surface area contributed by atoms with Gasteiger partial charge in [0.2, 0.25) is 0 Å². The van der Waals surface area contributed by atoms with Gasteiger partial charge in [-0.2, -0.15) is 0 Å². The van der Waals surface area contributed by atoms with Crippen molar-refractivity contribution in [2.45, 2.75) is 214 Å². The molecule has 0 bridgehead atoms. The highest BCUT2D eigenvalue weighted by atomic mass is 16.6. The van der Waals surface area contributed by atoms with Crippen molar-refractivity contribution in [3.8, 4) is 11.5 Å². The zero-order valence-corrected chi connectivity index (χ0v) is 32.3. The fourth-order valence-electron chi connectivity index (χ4n) is 6.24. The molecule has 0 aliphatic rings. The Bertz CT molecular complexity index is 990. The molecule has 0 saturated heterocycles. The van der Waals surface area contributed by atoms with Gasteiger partial charge in [-0.1, -0.05) is 182 Å². The van der Waals surface area contributed by atoms with Crippen LogP contribution in [0.2, 0.25) is 0 Å². The third-order valence-electron chi connectivity index (χ3n) is 9.67. The second-order valence-corrected chi connectivity index (χ2v) is 14.7. The van der Waals surface area contributed by atoms with E-state index in [9.17, 15) is 14.4 Å². The molecule has 1 rings (SSSR count). The number of nitrogens with two attached hydrogens (primary N) is 1. The van der Waals surface area contributed by atoms with E-state index in [1.807, 2.05) is 13.8 Å². The van der Waals surface area contributed by atoms with Crippen LogP contribution in [0.15, 0.2) is 18.2 Å². The van der Waals surface area contributed by atoms with Crippen LogP contribution in [0.5, 0.6) is 11.5 Å². The van der Waals surface area contributed by atoms with Crippen molar-refractivity contribution in [3.05, 3.63) is 23.8 Å². The smallest absolute Gasteiger partial charge is 0.311 e. The first-order chi connectivity index (χ1) is 23.8. The van der Waals surface area contributed by atoms with E-state index in [0.717, 1.165) is 38.5 Å². The fraction of sp³-hybridized carbons (Fsp3) is 0.791. The molecule has 1 unspecified atom stereocenters. The molecular formula is C43H75NO5. The van der Waals surface area contributed by atoms with Crippen LogP contribution in [-0.2, 0) is 9.59 Å². The van der Waals surface area contributed by atoms with Crippen LogP contribution in [0.25, 0.3) is 0 Å². The largest absolute Gasteiger partial charge is 0.423 e. The number of Topliss-reactive ketones (excluding diaryl/α,β-unsaturated/α-hetero) is 1. The summed E-state index contributed by atoms with van der Waals surface area (Å²) in [6, 6.07) is 3.98. The van der Waals surface area contributed by atoms with Crippen LogP contribution in [-0.4, -0.2) is 23.8 Å². The first-order valence-electron chi connectivity index (χ1n) is 20.6. The van der Waals surface area contributed by atoms with Gasteiger partial charge in [-0.3, -0.25) is 14.4 Å². The number of hydrogen-bond donors (Lipinski definition) is 1. The molecule has 0 heterocycles. The van der Waals surface area contributed by atoms with Gasteiger partial charge in [0, 0.05) is 18.4 Å². The Morgan fingerprint density at radius 1 is 0.510 bits per heavy atom. The highest BCUT2D eigenvalue weighted by molar-refractivity contribution is 6.00. The molecule has 0 fully saturated rings. The molecule has 0 amide bonds. The lowest BCUT2D eigenvalue weighted by atomic mass is 9.96. The number of carbonyl (C=O) groups is 3. The zero-order valence-electron chi connectivity index (χ0n) is 32.3. The SMILES string of the molecule is CCCCCCCCCCCCCCCC(=O)Oc1ccc(C(=O)C(N)C(C)C)cc1OC(=O)CCCCCCCCCCCCCCC. The van der Waals surface area contributed by atoms with Gasteiger partial charge in [-0.05, 0) is 37.0 Å². The van der Waals surface area contributed by atoms with Crippen molar-refractivity contribution in [3.63, 3.8) is 0 Å². The van der Waals surface area contributed by atoms with Gasteiger partial charge in [0.1, 0.15) is 0 Å². The maximum atomic E-state index is 12.9. The lowest BCUT2D eigenvalue weighted by molar-refractivity contribution is -0.137. The average molecular weight is 686 g/mol. The molecule has 0 spiro atoms. The average Bonchev–Trinajstić information content (AvgIpc) is 3.08. The number of esters is 2. The number of hydrogen-bond acceptors (Lipinski definition) is 6. The molecular weight excluding hydrogens is 610 g/mol. The molecule has 6 nitrogen and oxygen atoms in total. The molecule has 0 saturated carbocycles. The molecule has 0 radical (unpaired) electrons. The third-order valence-corrected chi connectivity index (χ3v) is 9.67. The summed E-state index contributed by atoms with van der Waals surface area (Å²) in [6.07, 6.45) is 32.8. The Kier molecular flexibility index (Phi) is 28.0. The maximum absolute atomic E-state index is 12.9. The molecule has 0 aliphatic carbocycles. The molecule has 1 aromatic carbocycles. The Labute approximate surface area is 301 Å². The van der Waals surface area contributed by atoms with Crippen molar-refractivity contribution < 1.29 is 23.9 Å². The number of unbranched alkanes of at least 4 members (excludes halogenated alkanes) is 24. The molecule has 1 atom stereocenters. The van der Waals surface area contributed by atoms with E-state index in [1.165, 1.54) is 134 Å². The summed E-state index contributed by atoms with van der Waals surface area (Å²) in [7, 11) is 0. The molecule has 0 aromatic heterocycles. The highest BCUT2D eigenvalue weighted by Gasteiger charge is 2.22. The Balaban J connectivity index is 2.44. The topological polar surface area (TPSA) is 95.7 Å². The molecule has 6 heteroatoms. The van der Waals surface area contributed by atoms with Crippen LogP contribution >= 0.6 is 0 Å². The quantitative estimate of drug-likeness (QED) is 0.0342. The minimum Gasteiger partial charge on any atom is -0.423 e. The van der Waals surface area contributed by atoms with E-state index in [4.69, 9.17) is 15.2 Å². The molecule has 0 aliphatic heterocycles. The van der Waals surface area contributed by atoms with E-state index in [2.05, 4.69) is 13.8 Å². The van der Waals surface area contributed by atoms with Gasteiger partial charge < -0.3 is 15.2 Å². The number of ketones is 1. The minimum atomic E-state index is -0.668. The third kappa shape index (κ3) is 23.8. The van der Waals surface area contributed by atoms with Gasteiger partial charge in [-0.15, -0.1) is 0 Å². The van der Waals surface area contributed by atoms with E-state index < -0.39 is 6.04 Å². The highest BCUT2D eigenvalue weighted by Crippen LogP contribution is 2.31. The van der Waals surface area contributed by atoms with Gasteiger partial charge in [-0.25, -0.2) is 0 Å². The summed E-state index contributed by atoms with van der Waals surface area (Å²) in [6.45, 7) is 8.30. The summed E-state index contributed by atoms with van der Waals surface area (Å²) < 4.78 is 11.4. The van der Waals surface area contributed by atoms with Crippen molar-refractivity contribution in [1.29, 1.82) is 0 Å². The van der Waals surface area contributed by atoms with Crippen LogP contribution in [0.1, 0.15) is 218 Å². The Morgan fingerprint density at radius 2 is 0.837 bits per heavy atom. The normalized spacial score (nSPS) is 12.0. The van der Waals surface area contributed by atoms with Crippen molar-refractivity contribution >= 4 is 17.7 Å². The number of ether oxygens (including phenoxy) is 2. The predicted octanol–water partition coefficient (Wildman–Crippen LogP) is 12.6. The molecule has 282 valence electrons. The summed E-state index contributed by atoms with van der Waals surface area (Å²) in [5, 5.41) is 0. The lowest BCUT2D eigenvalue weighted by Crippen LogP contribution is -2.35. The maximum Gasteiger partial charge on any atom is 0.311 e. The van der Waals surface area contributed by atoms with Gasteiger partial charge in [0.25, 0.3) is 0 Å². The first kappa shape index (κ1) is 44.8. The van der Waals surface area contributed by atoms with Crippen molar-refractivity contribution in [1.82, 2.24) is 0 Å². The predicted molar refractivity (Wildman–Crippen MR) is 205 cm³/mol. The van der Waals surface area contributed by atoms with E-state index in [1.54, 1.807) is 12.1 Å². The van der Waals surface area contributed by atoms with Crippen LogP contribution in [0.4, 0.5) is 0 Å². The molecule has 1 aromatic rings. The van der Waals surface area contributed by atoms with E-state index >= 15 is 0 Å². The summed E-state index contributed by atoms with van der Waals surface area (Å²) in [5.74, 6) is -0.710. The first-order valence-corrected chi connectivity index (χ1v) is 20.6. The van der Waals surface area contributed by atoms with E-state index in [-0.39, 0.29) is 41.6 Å².